The molecule has 0 aliphatic carbocycles. The molecular formula is C9H11BrFN. The van der Waals surface area contributed by atoms with Crippen LogP contribution in [0.5, 0.6) is 0 Å². The van der Waals surface area contributed by atoms with Gasteiger partial charge in [0.1, 0.15) is 6.67 Å². The number of rotatable bonds is 3. The van der Waals surface area contributed by atoms with Gasteiger partial charge < -0.3 is 5.32 Å². The third kappa shape index (κ3) is 2.48. The van der Waals surface area contributed by atoms with E-state index in [1.54, 1.807) is 0 Å². The molecule has 1 nitrogen and oxygen atoms in total. The van der Waals surface area contributed by atoms with Crippen molar-refractivity contribution in [2.45, 2.75) is 6.92 Å². The van der Waals surface area contributed by atoms with Crippen LogP contribution in [0.1, 0.15) is 5.56 Å². The molecule has 0 amide bonds. The summed E-state index contributed by atoms with van der Waals surface area (Å²) < 4.78 is 12.8. The minimum absolute atomic E-state index is 0.341. The number of aryl methyl sites for hydroxylation is 1. The summed E-state index contributed by atoms with van der Waals surface area (Å²) >= 11 is 3.35. The predicted molar refractivity (Wildman–Crippen MR) is 53.3 cm³/mol. The normalized spacial score (nSPS) is 9.92. The molecule has 0 aromatic heterocycles. The maximum atomic E-state index is 11.8. The summed E-state index contributed by atoms with van der Waals surface area (Å²) in [6, 6.07) is 5.91. The molecule has 1 rings (SSSR count). The topological polar surface area (TPSA) is 12.0 Å². The smallest absolute Gasteiger partial charge is 0.107 e. The van der Waals surface area contributed by atoms with E-state index in [9.17, 15) is 4.39 Å². The first kappa shape index (κ1) is 9.52. The monoisotopic (exact) mass is 231 g/mol. The van der Waals surface area contributed by atoms with Crippen LogP contribution in [0.4, 0.5) is 10.1 Å². The molecular weight excluding hydrogens is 221 g/mol. The van der Waals surface area contributed by atoms with Gasteiger partial charge in [0.25, 0.3) is 0 Å². The summed E-state index contributed by atoms with van der Waals surface area (Å²) in [7, 11) is 0. The summed E-state index contributed by atoms with van der Waals surface area (Å²) in [6.07, 6.45) is 0. The molecule has 12 heavy (non-hydrogen) atoms. The molecule has 0 saturated heterocycles. The number of hydrogen-bond donors (Lipinski definition) is 1. The lowest BCUT2D eigenvalue weighted by molar-refractivity contribution is 0.512. The van der Waals surface area contributed by atoms with E-state index in [2.05, 4.69) is 21.2 Å². The third-order valence-electron chi connectivity index (χ3n) is 1.61. The van der Waals surface area contributed by atoms with Crippen LogP contribution in [-0.2, 0) is 0 Å². The van der Waals surface area contributed by atoms with Crippen molar-refractivity contribution in [1.29, 1.82) is 0 Å². The summed E-state index contributed by atoms with van der Waals surface area (Å²) in [6.45, 7) is 2.02. The van der Waals surface area contributed by atoms with Gasteiger partial charge in [0, 0.05) is 16.7 Å². The van der Waals surface area contributed by atoms with Crippen LogP contribution < -0.4 is 5.32 Å². The maximum Gasteiger partial charge on any atom is 0.107 e. The Morgan fingerprint density at radius 1 is 1.50 bits per heavy atom. The van der Waals surface area contributed by atoms with Crippen molar-refractivity contribution in [3.05, 3.63) is 28.2 Å². The summed E-state index contributed by atoms with van der Waals surface area (Å²) in [5.74, 6) is 0. The Morgan fingerprint density at radius 3 is 2.92 bits per heavy atom. The van der Waals surface area contributed by atoms with Gasteiger partial charge in [-0.1, -0.05) is 22.0 Å². The molecule has 1 aromatic carbocycles. The number of nitrogens with one attached hydrogen (secondary N) is 1. The molecule has 0 aliphatic heterocycles. The molecule has 0 heterocycles. The molecule has 0 radical (unpaired) electrons. The molecule has 1 aromatic rings. The van der Waals surface area contributed by atoms with E-state index in [0.29, 0.717) is 6.54 Å². The Kier molecular flexibility index (Phi) is 3.53. The first-order valence-electron chi connectivity index (χ1n) is 3.80. The molecule has 0 bridgehead atoms. The first-order chi connectivity index (χ1) is 5.74. The van der Waals surface area contributed by atoms with E-state index in [-0.39, 0.29) is 6.67 Å². The Morgan fingerprint density at radius 2 is 2.25 bits per heavy atom. The summed E-state index contributed by atoms with van der Waals surface area (Å²) in [4.78, 5) is 0. The van der Waals surface area contributed by atoms with Gasteiger partial charge >= 0.3 is 0 Å². The SMILES string of the molecule is Cc1ccc(Br)cc1NCCF. The van der Waals surface area contributed by atoms with Gasteiger partial charge in [0.2, 0.25) is 0 Å². The van der Waals surface area contributed by atoms with Crippen molar-refractivity contribution in [2.75, 3.05) is 18.5 Å². The van der Waals surface area contributed by atoms with Gasteiger partial charge in [0.15, 0.2) is 0 Å². The van der Waals surface area contributed by atoms with E-state index >= 15 is 0 Å². The highest BCUT2D eigenvalue weighted by atomic mass is 79.9. The predicted octanol–water partition coefficient (Wildman–Crippen LogP) is 3.14. The quantitative estimate of drug-likeness (QED) is 0.844. The fourth-order valence-electron chi connectivity index (χ4n) is 0.967. The number of hydrogen-bond acceptors (Lipinski definition) is 1. The number of halogens is 2. The zero-order valence-corrected chi connectivity index (χ0v) is 8.49. The van der Waals surface area contributed by atoms with Crippen molar-refractivity contribution >= 4 is 21.6 Å². The molecule has 0 spiro atoms. The Hall–Kier alpha value is -0.570. The second kappa shape index (κ2) is 4.45. The third-order valence-corrected chi connectivity index (χ3v) is 2.10. The lowest BCUT2D eigenvalue weighted by Gasteiger charge is -2.07. The van der Waals surface area contributed by atoms with Crippen molar-refractivity contribution in [3.8, 4) is 0 Å². The van der Waals surface area contributed by atoms with E-state index in [0.717, 1.165) is 15.7 Å². The van der Waals surface area contributed by atoms with Crippen molar-refractivity contribution in [1.82, 2.24) is 0 Å². The Balaban J connectivity index is 2.75. The average Bonchev–Trinajstić information content (AvgIpc) is 2.07. The first-order valence-corrected chi connectivity index (χ1v) is 4.59. The second-order valence-electron chi connectivity index (χ2n) is 2.58. The van der Waals surface area contributed by atoms with Gasteiger partial charge in [-0.15, -0.1) is 0 Å². The van der Waals surface area contributed by atoms with Crippen molar-refractivity contribution < 1.29 is 4.39 Å². The number of anilines is 1. The van der Waals surface area contributed by atoms with Gasteiger partial charge in [0.05, 0.1) is 0 Å². The van der Waals surface area contributed by atoms with Gasteiger partial charge in [-0.05, 0) is 24.6 Å². The van der Waals surface area contributed by atoms with Crippen LogP contribution in [0.15, 0.2) is 22.7 Å². The van der Waals surface area contributed by atoms with Crippen LogP contribution in [0.2, 0.25) is 0 Å². The van der Waals surface area contributed by atoms with Gasteiger partial charge in [-0.25, -0.2) is 4.39 Å². The van der Waals surface area contributed by atoms with Crippen LogP contribution in [0.3, 0.4) is 0 Å². The minimum atomic E-state index is -0.341. The van der Waals surface area contributed by atoms with Crippen LogP contribution in [0.25, 0.3) is 0 Å². The second-order valence-corrected chi connectivity index (χ2v) is 3.49. The molecule has 0 aliphatic rings. The molecule has 0 fully saturated rings. The molecule has 0 unspecified atom stereocenters. The van der Waals surface area contributed by atoms with E-state index in [1.807, 2.05) is 25.1 Å². The van der Waals surface area contributed by atoms with Crippen LogP contribution in [-0.4, -0.2) is 13.2 Å². The van der Waals surface area contributed by atoms with Gasteiger partial charge in [-0.3, -0.25) is 0 Å². The van der Waals surface area contributed by atoms with E-state index in [4.69, 9.17) is 0 Å². The standard InChI is InChI=1S/C9H11BrFN/c1-7-2-3-8(10)6-9(7)12-5-4-11/h2-3,6,12H,4-5H2,1H3. The lowest BCUT2D eigenvalue weighted by atomic mass is 10.2. The fraction of sp³-hybridized carbons (Fsp3) is 0.333. The van der Waals surface area contributed by atoms with Crippen molar-refractivity contribution in [2.24, 2.45) is 0 Å². The van der Waals surface area contributed by atoms with Gasteiger partial charge in [-0.2, -0.15) is 0 Å². The summed E-state index contributed by atoms with van der Waals surface area (Å²) in [5, 5.41) is 3.00. The maximum absolute atomic E-state index is 11.8. The lowest BCUT2D eigenvalue weighted by Crippen LogP contribution is -2.04. The van der Waals surface area contributed by atoms with Crippen LogP contribution in [0, 0.1) is 6.92 Å². The van der Waals surface area contributed by atoms with Crippen LogP contribution >= 0.6 is 15.9 Å². The molecule has 66 valence electrons. The molecule has 1 N–H and O–H groups in total. The van der Waals surface area contributed by atoms with Crippen molar-refractivity contribution in [3.63, 3.8) is 0 Å². The highest BCUT2D eigenvalue weighted by Crippen LogP contribution is 2.20. The fourth-order valence-corrected chi connectivity index (χ4v) is 1.33. The Labute approximate surface area is 80.1 Å². The number of benzene rings is 1. The van der Waals surface area contributed by atoms with E-state index < -0.39 is 0 Å². The zero-order chi connectivity index (χ0) is 8.97. The molecule has 0 atom stereocenters. The number of alkyl halides is 1. The van der Waals surface area contributed by atoms with E-state index in [1.165, 1.54) is 0 Å². The summed E-state index contributed by atoms with van der Waals surface area (Å²) in [5.41, 5.74) is 2.12. The Bertz CT molecular complexity index is 263. The average molecular weight is 232 g/mol. The molecule has 0 saturated carbocycles. The highest BCUT2D eigenvalue weighted by molar-refractivity contribution is 9.10. The zero-order valence-electron chi connectivity index (χ0n) is 6.90. The highest BCUT2D eigenvalue weighted by Gasteiger charge is 1.97. The largest absolute Gasteiger partial charge is 0.382 e. The molecule has 3 heteroatoms. The minimum Gasteiger partial charge on any atom is -0.382 e.